The van der Waals surface area contributed by atoms with Crippen molar-refractivity contribution in [2.75, 3.05) is 0 Å². The average Bonchev–Trinajstić information content (AvgIpc) is 2.35. The zero-order valence-electron chi connectivity index (χ0n) is 9.70. The van der Waals surface area contributed by atoms with E-state index in [4.69, 9.17) is 4.18 Å². The molecule has 0 unspecified atom stereocenters. The molecular formula is C13H12O4S. The Labute approximate surface area is 106 Å². The van der Waals surface area contributed by atoms with Gasteiger partial charge in [-0.15, -0.1) is 0 Å². The van der Waals surface area contributed by atoms with Crippen LogP contribution in [-0.4, -0.2) is 13.5 Å². The van der Waals surface area contributed by atoms with E-state index in [1.54, 1.807) is 31.2 Å². The second-order valence-electron chi connectivity index (χ2n) is 3.82. The molecule has 1 N–H and O–H groups in total. The van der Waals surface area contributed by atoms with Crippen LogP contribution >= 0.6 is 0 Å². The minimum absolute atomic E-state index is 0.0471. The van der Waals surface area contributed by atoms with Gasteiger partial charge in [0.05, 0.1) is 0 Å². The van der Waals surface area contributed by atoms with Crippen LogP contribution < -0.4 is 4.18 Å². The first kappa shape index (κ1) is 12.4. The highest BCUT2D eigenvalue weighted by Crippen LogP contribution is 2.29. The number of aryl methyl sites for hydroxylation is 1. The summed E-state index contributed by atoms with van der Waals surface area (Å²) in [6.07, 6.45) is 0. The van der Waals surface area contributed by atoms with Gasteiger partial charge in [0.15, 0.2) is 11.5 Å². The molecule has 0 radical (unpaired) electrons. The average molecular weight is 264 g/mol. The van der Waals surface area contributed by atoms with Crippen LogP contribution in [0.4, 0.5) is 0 Å². The summed E-state index contributed by atoms with van der Waals surface area (Å²) in [6.45, 7) is 1.78. The summed E-state index contributed by atoms with van der Waals surface area (Å²) in [5.41, 5.74) is 0.797. The predicted octanol–water partition coefficient (Wildman–Crippen LogP) is 2.47. The fourth-order valence-electron chi connectivity index (χ4n) is 1.44. The zero-order chi connectivity index (χ0) is 13.2. The molecule has 0 aromatic heterocycles. The van der Waals surface area contributed by atoms with E-state index in [-0.39, 0.29) is 16.4 Å². The third-order valence-electron chi connectivity index (χ3n) is 2.35. The maximum absolute atomic E-state index is 11.9. The van der Waals surface area contributed by atoms with Crippen LogP contribution in [0.1, 0.15) is 5.56 Å². The molecule has 2 aromatic carbocycles. The Morgan fingerprint density at radius 3 is 2.39 bits per heavy atom. The molecule has 0 aliphatic carbocycles. The topological polar surface area (TPSA) is 63.6 Å². The Kier molecular flexibility index (Phi) is 3.25. The number of hydrogen-bond acceptors (Lipinski definition) is 4. The molecule has 4 nitrogen and oxygen atoms in total. The lowest BCUT2D eigenvalue weighted by atomic mass is 10.2. The van der Waals surface area contributed by atoms with Gasteiger partial charge in [-0.3, -0.25) is 0 Å². The van der Waals surface area contributed by atoms with E-state index in [0.717, 1.165) is 5.56 Å². The molecule has 0 amide bonds. The smallest absolute Gasteiger partial charge is 0.339 e. The number of hydrogen-bond donors (Lipinski definition) is 1. The van der Waals surface area contributed by atoms with E-state index in [1.165, 1.54) is 24.3 Å². The van der Waals surface area contributed by atoms with Crippen molar-refractivity contribution in [1.82, 2.24) is 0 Å². The summed E-state index contributed by atoms with van der Waals surface area (Å²) in [6, 6.07) is 12.3. The molecule has 94 valence electrons. The minimum atomic E-state index is -3.91. The third kappa shape index (κ3) is 2.62. The van der Waals surface area contributed by atoms with Gasteiger partial charge in [-0.1, -0.05) is 24.3 Å². The highest BCUT2D eigenvalue weighted by molar-refractivity contribution is 7.87. The number of rotatable bonds is 3. The van der Waals surface area contributed by atoms with Gasteiger partial charge in [0.1, 0.15) is 4.90 Å². The fraction of sp³-hybridized carbons (Fsp3) is 0.0769. The van der Waals surface area contributed by atoms with Gasteiger partial charge in [-0.2, -0.15) is 8.42 Å². The summed E-state index contributed by atoms with van der Waals surface area (Å²) in [4.78, 5) is 0.0471. The van der Waals surface area contributed by atoms with Gasteiger partial charge in [-0.25, -0.2) is 0 Å². The lowest BCUT2D eigenvalue weighted by Crippen LogP contribution is -2.09. The zero-order valence-corrected chi connectivity index (χ0v) is 10.5. The Morgan fingerprint density at radius 1 is 1.06 bits per heavy atom. The molecule has 0 aliphatic rings. The van der Waals surface area contributed by atoms with Gasteiger partial charge in [0, 0.05) is 0 Å². The van der Waals surface area contributed by atoms with E-state index in [2.05, 4.69) is 0 Å². The lowest BCUT2D eigenvalue weighted by Gasteiger charge is -2.08. The molecule has 0 spiro atoms. The van der Waals surface area contributed by atoms with Crippen LogP contribution in [0.5, 0.6) is 11.5 Å². The highest BCUT2D eigenvalue weighted by atomic mass is 32.2. The Bertz CT molecular complexity index is 648. The molecular weight excluding hydrogens is 252 g/mol. The largest absolute Gasteiger partial charge is 0.504 e. The van der Waals surface area contributed by atoms with Crippen LogP contribution in [0.15, 0.2) is 53.4 Å². The van der Waals surface area contributed by atoms with Crippen LogP contribution in [0.2, 0.25) is 0 Å². The molecule has 0 heterocycles. The standard InChI is InChI=1S/C13H12O4S/c1-10-7-8-12(14)13(9-10)17-18(15,16)11-5-3-2-4-6-11/h2-9,14H,1H3. The quantitative estimate of drug-likeness (QED) is 0.865. The van der Waals surface area contributed by atoms with Crippen molar-refractivity contribution < 1.29 is 17.7 Å². The lowest BCUT2D eigenvalue weighted by molar-refractivity contribution is 0.428. The fourth-order valence-corrected chi connectivity index (χ4v) is 2.40. The summed E-state index contributed by atoms with van der Waals surface area (Å²) in [5.74, 6) is -0.279. The second kappa shape index (κ2) is 4.70. The molecule has 0 fully saturated rings. The number of phenolic OH excluding ortho intramolecular Hbond substituents is 1. The Hall–Kier alpha value is -2.01. The summed E-state index contributed by atoms with van der Waals surface area (Å²) >= 11 is 0. The van der Waals surface area contributed by atoms with E-state index in [9.17, 15) is 13.5 Å². The molecule has 5 heteroatoms. The highest BCUT2D eigenvalue weighted by Gasteiger charge is 2.18. The Morgan fingerprint density at radius 2 is 1.72 bits per heavy atom. The van der Waals surface area contributed by atoms with Crippen LogP contribution in [0, 0.1) is 6.92 Å². The summed E-state index contributed by atoms with van der Waals surface area (Å²) < 4.78 is 28.8. The Balaban J connectivity index is 2.37. The van der Waals surface area contributed by atoms with Crippen molar-refractivity contribution in [1.29, 1.82) is 0 Å². The summed E-state index contributed by atoms with van der Waals surface area (Å²) in [7, 11) is -3.91. The number of phenols is 1. The molecule has 0 aliphatic heterocycles. The molecule has 2 rings (SSSR count). The van der Waals surface area contributed by atoms with Crippen molar-refractivity contribution in [3.05, 3.63) is 54.1 Å². The maximum Gasteiger partial charge on any atom is 0.339 e. The van der Waals surface area contributed by atoms with Crippen molar-refractivity contribution in [3.63, 3.8) is 0 Å². The van der Waals surface area contributed by atoms with Crippen molar-refractivity contribution in [2.24, 2.45) is 0 Å². The van der Waals surface area contributed by atoms with Gasteiger partial charge >= 0.3 is 10.1 Å². The van der Waals surface area contributed by atoms with Gasteiger partial charge in [-0.05, 0) is 36.8 Å². The van der Waals surface area contributed by atoms with E-state index in [1.807, 2.05) is 0 Å². The SMILES string of the molecule is Cc1ccc(O)c(OS(=O)(=O)c2ccccc2)c1. The first-order chi connectivity index (χ1) is 8.49. The van der Waals surface area contributed by atoms with E-state index < -0.39 is 10.1 Å². The predicted molar refractivity (Wildman–Crippen MR) is 67.1 cm³/mol. The molecule has 0 bridgehead atoms. The van der Waals surface area contributed by atoms with E-state index >= 15 is 0 Å². The number of aromatic hydroxyl groups is 1. The molecule has 0 atom stereocenters. The monoisotopic (exact) mass is 264 g/mol. The molecule has 2 aromatic rings. The third-order valence-corrected chi connectivity index (χ3v) is 3.60. The van der Waals surface area contributed by atoms with Crippen molar-refractivity contribution in [2.45, 2.75) is 11.8 Å². The second-order valence-corrected chi connectivity index (χ2v) is 5.37. The molecule has 18 heavy (non-hydrogen) atoms. The van der Waals surface area contributed by atoms with E-state index in [0.29, 0.717) is 0 Å². The van der Waals surface area contributed by atoms with Crippen molar-refractivity contribution in [3.8, 4) is 11.5 Å². The van der Waals surface area contributed by atoms with Gasteiger partial charge in [0.25, 0.3) is 0 Å². The molecule has 0 saturated heterocycles. The minimum Gasteiger partial charge on any atom is -0.504 e. The van der Waals surface area contributed by atoms with Crippen LogP contribution in [0.25, 0.3) is 0 Å². The van der Waals surface area contributed by atoms with Crippen LogP contribution in [-0.2, 0) is 10.1 Å². The van der Waals surface area contributed by atoms with Crippen molar-refractivity contribution >= 4 is 10.1 Å². The van der Waals surface area contributed by atoms with Gasteiger partial charge < -0.3 is 9.29 Å². The number of benzene rings is 2. The maximum atomic E-state index is 11.9. The molecule has 0 saturated carbocycles. The summed E-state index contributed by atoms with van der Waals surface area (Å²) in [5, 5.41) is 9.56. The first-order valence-electron chi connectivity index (χ1n) is 5.28. The van der Waals surface area contributed by atoms with Gasteiger partial charge in [0.2, 0.25) is 0 Å². The first-order valence-corrected chi connectivity index (χ1v) is 6.69. The van der Waals surface area contributed by atoms with Crippen LogP contribution in [0.3, 0.4) is 0 Å². The normalized spacial score (nSPS) is 11.2.